The van der Waals surface area contributed by atoms with Crippen LogP contribution in [0.15, 0.2) is 30.2 Å². The monoisotopic (exact) mass is 191 g/mol. The van der Waals surface area contributed by atoms with Gasteiger partial charge in [0.05, 0.1) is 19.4 Å². The molecule has 0 saturated carbocycles. The number of anilines is 1. The molecule has 4 heteroatoms. The van der Waals surface area contributed by atoms with Crippen molar-refractivity contribution >= 4 is 5.82 Å². The molecule has 0 radical (unpaired) electrons. The lowest BCUT2D eigenvalue weighted by molar-refractivity contribution is 0.150. The quantitative estimate of drug-likeness (QED) is 0.730. The molecule has 0 aromatic carbocycles. The van der Waals surface area contributed by atoms with Gasteiger partial charge in [-0.3, -0.25) is 4.98 Å². The highest BCUT2D eigenvalue weighted by Gasteiger charge is 2.03. The lowest BCUT2D eigenvalue weighted by Crippen LogP contribution is -2.14. The van der Waals surface area contributed by atoms with Crippen molar-refractivity contribution in [2.45, 2.75) is 6.42 Å². The molecule has 2 rings (SSSR count). The van der Waals surface area contributed by atoms with Gasteiger partial charge in [0, 0.05) is 18.9 Å². The first-order valence-corrected chi connectivity index (χ1v) is 4.71. The zero-order valence-electron chi connectivity index (χ0n) is 7.94. The average molecular weight is 191 g/mol. The van der Waals surface area contributed by atoms with Crippen LogP contribution in [0.3, 0.4) is 0 Å². The number of rotatable bonds is 3. The standard InChI is InChI=1S/C10H13N3O/c1-2-9(8-14-5-1)6-13-10-7-11-3-4-12-10/h2-4,7H,1,5-6,8H2,(H,12,13). The van der Waals surface area contributed by atoms with Crippen LogP contribution in [0, 0.1) is 0 Å². The van der Waals surface area contributed by atoms with Gasteiger partial charge in [-0.25, -0.2) is 4.98 Å². The molecule has 0 bridgehead atoms. The van der Waals surface area contributed by atoms with Gasteiger partial charge in [-0.2, -0.15) is 0 Å². The predicted octanol–water partition coefficient (Wildman–Crippen LogP) is 1.24. The number of hydrogen-bond donors (Lipinski definition) is 1. The van der Waals surface area contributed by atoms with Crippen molar-refractivity contribution in [2.24, 2.45) is 0 Å². The van der Waals surface area contributed by atoms with Gasteiger partial charge in [0.1, 0.15) is 5.82 Å². The minimum atomic E-state index is 0.729. The molecule has 0 aliphatic carbocycles. The van der Waals surface area contributed by atoms with Crippen molar-refractivity contribution < 1.29 is 4.74 Å². The highest BCUT2D eigenvalue weighted by atomic mass is 16.5. The molecule has 1 aromatic rings. The lowest BCUT2D eigenvalue weighted by Gasteiger charge is -2.14. The third-order valence-corrected chi connectivity index (χ3v) is 2.04. The predicted molar refractivity (Wildman–Crippen MR) is 54.0 cm³/mol. The van der Waals surface area contributed by atoms with Crippen LogP contribution in [0.1, 0.15) is 6.42 Å². The Balaban J connectivity index is 1.85. The van der Waals surface area contributed by atoms with Gasteiger partial charge < -0.3 is 10.1 Å². The zero-order chi connectivity index (χ0) is 9.64. The maximum Gasteiger partial charge on any atom is 0.144 e. The van der Waals surface area contributed by atoms with Crippen LogP contribution in [-0.2, 0) is 4.74 Å². The van der Waals surface area contributed by atoms with Crippen molar-refractivity contribution in [3.8, 4) is 0 Å². The summed E-state index contributed by atoms with van der Waals surface area (Å²) in [6.45, 7) is 2.36. The molecule has 1 aliphatic rings. The molecule has 2 heterocycles. The van der Waals surface area contributed by atoms with Crippen LogP contribution in [0.5, 0.6) is 0 Å². The fraction of sp³-hybridized carbons (Fsp3) is 0.400. The summed E-state index contributed by atoms with van der Waals surface area (Å²) in [5.74, 6) is 0.805. The van der Waals surface area contributed by atoms with Crippen LogP contribution < -0.4 is 5.32 Å². The second-order valence-electron chi connectivity index (χ2n) is 3.15. The van der Waals surface area contributed by atoms with Crippen molar-refractivity contribution in [1.29, 1.82) is 0 Å². The van der Waals surface area contributed by atoms with E-state index in [1.807, 2.05) is 0 Å². The van der Waals surface area contributed by atoms with Gasteiger partial charge in [-0.1, -0.05) is 6.08 Å². The second kappa shape index (κ2) is 4.72. The molecule has 0 unspecified atom stereocenters. The molecular weight excluding hydrogens is 178 g/mol. The molecule has 1 N–H and O–H groups in total. The summed E-state index contributed by atoms with van der Waals surface area (Å²) in [5, 5.41) is 3.19. The van der Waals surface area contributed by atoms with E-state index in [1.54, 1.807) is 18.6 Å². The molecular formula is C10H13N3O. The van der Waals surface area contributed by atoms with E-state index in [0.717, 1.165) is 32.0 Å². The van der Waals surface area contributed by atoms with Gasteiger partial charge in [0.15, 0.2) is 0 Å². The van der Waals surface area contributed by atoms with E-state index in [4.69, 9.17) is 4.74 Å². The molecule has 0 spiro atoms. The molecule has 0 fully saturated rings. The van der Waals surface area contributed by atoms with Crippen molar-refractivity contribution in [3.05, 3.63) is 30.2 Å². The third-order valence-electron chi connectivity index (χ3n) is 2.04. The van der Waals surface area contributed by atoms with Gasteiger partial charge >= 0.3 is 0 Å². The number of hydrogen-bond acceptors (Lipinski definition) is 4. The van der Waals surface area contributed by atoms with E-state index in [-0.39, 0.29) is 0 Å². The second-order valence-corrected chi connectivity index (χ2v) is 3.15. The number of nitrogens with zero attached hydrogens (tertiary/aromatic N) is 2. The lowest BCUT2D eigenvalue weighted by atomic mass is 10.2. The Labute approximate surface area is 83.0 Å². The van der Waals surface area contributed by atoms with Crippen LogP contribution in [0.4, 0.5) is 5.82 Å². The van der Waals surface area contributed by atoms with Gasteiger partial charge in [0.25, 0.3) is 0 Å². The molecule has 0 amide bonds. The van der Waals surface area contributed by atoms with Crippen LogP contribution in [-0.4, -0.2) is 29.7 Å². The number of ether oxygens (including phenoxy) is 1. The van der Waals surface area contributed by atoms with Crippen molar-refractivity contribution in [2.75, 3.05) is 25.1 Å². The Kier molecular flexibility index (Phi) is 3.08. The molecule has 1 aliphatic heterocycles. The smallest absolute Gasteiger partial charge is 0.144 e. The Bertz CT molecular complexity index is 310. The summed E-state index contributed by atoms with van der Waals surface area (Å²) in [6.07, 6.45) is 8.27. The van der Waals surface area contributed by atoms with Crippen molar-refractivity contribution in [1.82, 2.24) is 9.97 Å². The van der Waals surface area contributed by atoms with Crippen LogP contribution in [0.2, 0.25) is 0 Å². The average Bonchev–Trinajstić information content (AvgIpc) is 2.29. The normalized spacial score (nSPS) is 16.1. The fourth-order valence-electron chi connectivity index (χ4n) is 1.33. The van der Waals surface area contributed by atoms with Crippen LogP contribution in [0.25, 0.3) is 0 Å². The van der Waals surface area contributed by atoms with Crippen LogP contribution >= 0.6 is 0 Å². The Morgan fingerprint density at radius 2 is 2.43 bits per heavy atom. The largest absolute Gasteiger partial charge is 0.377 e. The Morgan fingerprint density at radius 3 is 3.14 bits per heavy atom. The first-order valence-electron chi connectivity index (χ1n) is 4.71. The van der Waals surface area contributed by atoms with E-state index in [9.17, 15) is 0 Å². The van der Waals surface area contributed by atoms with Gasteiger partial charge in [-0.05, 0) is 12.0 Å². The maximum absolute atomic E-state index is 5.33. The first kappa shape index (κ1) is 9.15. The topological polar surface area (TPSA) is 47.0 Å². The summed E-state index contributed by atoms with van der Waals surface area (Å²) in [6, 6.07) is 0. The highest BCUT2D eigenvalue weighted by Crippen LogP contribution is 2.06. The fourth-order valence-corrected chi connectivity index (χ4v) is 1.33. The molecule has 4 nitrogen and oxygen atoms in total. The van der Waals surface area contributed by atoms with E-state index >= 15 is 0 Å². The summed E-state index contributed by atoms with van der Waals surface area (Å²) >= 11 is 0. The summed E-state index contributed by atoms with van der Waals surface area (Å²) in [7, 11) is 0. The van der Waals surface area contributed by atoms with Gasteiger partial charge in [0.2, 0.25) is 0 Å². The molecule has 14 heavy (non-hydrogen) atoms. The van der Waals surface area contributed by atoms with E-state index < -0.39 is 0 Å². The highest BCUT2D eigenvalue weighted by molar-refractivity contribution is 5.32. The van der Waals surface area contributed by atoms with E-state index in [0.29, 0.717) is 0 Å². The maximum atomic E-state index is 5.33. The number of nitrogens with one attached hydrogen (secondary N) is 1. The minimum absolute atomic E-state index is 0.729. The molecule has 0 atom stereocenters. The third kappa shape index (κ3) is 2.53. The minimum Gasteiger partial charge on any atom is -0.377 e. The molecule has 74 valence electrons. The molecule has 1 aromatic heterocycles. The molecule has 0 saturated heterocycles. The first-order chi connectivity index (χ1) is 6.95. The van der Waals surface area contributed by atoms with Gasteiger partial charge in [-0.15, -0.1) is 0 Å². The Morgan fingerprint density at radius 1 is 1.43 bits per heavy atom. The van der Waals surface area contributed by atoms with E-state index in [2.05, 4.69) is 21.4 Å². The SMILES string of the molecule is C1=C(CNc2cnccn2)COCC1. The summed E-state index contributed by atoms with van der Waals surface area (Å²) < 4.78 is 5.33. The Hall–Kier alpha value is -1.42. The van der Waals surface area contributed by atoms with E-state index in [1.165, 1.54) is 5.57 Å². The zero-order valence-corrected chi connectivity index (χ0v) is 7.94. The summed E-state index contributed by atoms with van der Waals surface area (Å²) in [5.41, 5.74) is 1.28. The number of aromatic nitrogens is 2. The van der Waals surface area contributed by atoms with Crippen molar-refractivity contribution in [3.63, 3.8) is 0 Å². The summed E-state index contributed by atoms with van der Waals surface area (Å²) in [4.78, 5) is 8.09.